The molecule has 0 saturated heterocycles. The zero-order valence-corrected chi connectivity index (χ0v) is 13.5. The lowest BCUT2D eigenvalue weighted by Crippen LogP contribution is -1.99. The lowest BCUT2D eigenvalue weighted by atomic mass is 10.1. The number of fused-ring (bicyclic) bond motifs is 1. The normalized spacial score (nSPS) is 11.0. The molecule has 0 saturated carbocycles. The topological polar surface area (TPSA) is 46.5 Å². The van der Waals surface area contributed by atoms with Gasteiger partial charge in [0.25, 0.3) is 0 Å². The largest absolute Gasteiger partial charge is 0.267 e. The molecule has 2 heterocycles. The van der Waals surface area contributed by atoms with E-state index in [9.17, 15) is 0 Å². The van der Waals surface area contributed by atoms with E-state index >= 15 is 0 Å². The van der Waals surface area contributed by atoms with Gasteiger partial charge in [-0.25, -0.2) is 0 Å². The molecule has 2 aromatic carbocycles. The maximum absolute atomic E-state index is 6.11. The van der Waals surface area contributed by atoms with E-state index < -0.39 is 0 Å². The molecule has 0 unspecified atom stereocenters. The zero-order valence-electron chi connectivity index (χ0n) is 11.9. The highest BCUT2D eigenvalue weighted by atomic mass is 35.5. The maximum atomic E-state index is 6.11. The number of hydrogen-bond acceptors (Lipinski definition) is 3. The molecule has 0 radical (unpaired) electrons. The van der Waals surface area contributed by atoms with Gasteiger partial charge in [-0.05, 0) is 41.9 Å². The molecule has 2 aromatic heterocycles. The van der Waals surface area contributed by atoms with Crippen LogP contribution in [-0.4, -0.2) is 19.7 Å². The van der Waals surface area contributed by atoms with Crippen molar-refractivity contribution in [3.63, 3.8) is 0 Å². The molecule has 0 spiro atoms. The number of nitrogens with one attached hydrogen (secondary N) is 1. The fraction of sp³-hybridized carbons (Fsp3) is 0. The second kappa shape index (κ2) is 5.61. The Bertz CT molecular complexity index is 1060. The Hall–Kier alpha value is -2.50. The Kier molecular flexibility index (Phi) is 3.44. The summed E-state index contributed by atoms with van der Waals surface area (Å²) in [5.41, 5.74) is 1.62. The third-order valence-electron chi connectivity index (χ3n) is 3.62. The third kappa shape index (κ3) is 2.44. The van der Waals surface area contributed by atoms with Gasteiger partial charge in [0.2, 0.25) is 0 Å². The standard InChI is InChI=1S/C17H11ClN4S/c18-12-5-3-6-13(10-12)22-16(20-21-17(22)23)15-14-7-2-1-4-11(14)8-9-19-15/h1-10H,(H,21,23). The summed E-state index contributed by atoms with van der Waals surface area (Å²) in [6, 6.07) is 17.5. The van der Waals surface area contributed by atoms with Gasteiger partial charge in [0, 0.05) is 16.6 Å². The quantitative estimate of drug-likeness (QED) is 0.534. The molecule has 23 heavy (non-hydrogen) atoms. The van der Waals surface area contributed by atoms with E-state index in [1.165, 1.54) is 0 Å². The lowest BCUT2D eigenvalue weighted by Gasteiger charge is -2.08. The van der Waals surface area contributed by atoms with Crippen molar-refractivity contribution in [3.05, 3.63) is 70.6 Å². The second-order valence-corrected chi connectivity index (χ2v) is 5.87. The average molecular weight is 339 g/mol. The van der Waals surface area contributed by atoms with E-state index in [4.69, 9.17) is 23.8 Å². The van der Waals surface area contributed by atoms with E-state index in [0.717, 1.165) is 22.2 Å². The SMILES string of the molecule is S=c1[nH]nc(-c2nccc3ccccc23)n1-c1cccc(Cl)c1. The number of aromatic amines is 1. The Balaban J connectivity index is 2.02. The molecule has 4 rings (SSSR count). The first-order valence-corrected chi connectivity index (χ1v) is 7.80. The van der Waals surface area contributed by atoms with Gasteiger partial charge in [0.1, 0.15) is 5.69 Å². The van der Waals surface area contributed by atoms with Crippen LogP contribution in [0.4, 0.5) is 0 Å². The number of pyridine rings is 1. The summed E-state index contributed by atoms with van der Waals surface area (Å²) < 4.78 is 2.34. The molecule has 1 N–H and O–H groups in total. The molecule has 0 fully saturated rings. The minimum atomic E-state index is 0.497. The fourth-order valence-electron chi connectivity index (χ4n) is 2.61. The van der Waals surface area contributed by atoms with Crippen LogP contribution in [0.1, 0.15) is 0 Å². The van der Waals surface area contributed by atoms with Gasteiger partial charge in [-0.2, -0.15) is 5.10 Å². The first kappa shape index (κ1) is 14.1. The molecule has 4 nitrogen and oxygen atoms in total. The zero-order chi connectivity index (χ0) is 15.8. The molecule has 6 heteroatoms. The van der Waals surface area contributed by atoms with Crippen LogP contribution in [-0.2, 0) is 0 Å². The van der Waals surface area contributed by atoms with Crippen LogP contribution >= 0.6 is 23.8 Å². The van der Waals surface area contributed by atoms with Crippen molar-refractivity contribution in [1.29, 1.82) is 0 Å². The van der Waals surface area contributed by atoms with Crippen molar-refractivity contribution in [1.82, 2.24) is 19.7 Å². The van der Waals surface area contributed by atoms with Gasteiger partial charge in [-0.15, -0.1) is 0 Å². The summed E-state index contributed by atoms with van der Waals surface area (Å²) in [6.07, 6.45) is 1.78. The smallest absolute Gasteiger partial charge is 0.200 e. The highest BCUT2D eigenvalue weighted by Gasteiger charge is 2.14. The van der Waals surface area contributed by atoms with Crippen molar-refractivity contribution >= 4 is 34.6 Å². The molecule has 0 aliphatic heterocycles. The molecule has 0 bridgehead atoms. The molecule has 0 amide bonds. The Morgan fingerprint density at radius 2 is 1.91 bits per heavy atom. The van der Waals surface area contributed by atoms with Crippen molar-refractivity contribution < 1.29 is 0 Å². The predicted octanol–water partition coefficient (Wildman–Crippen LogP) is 4.80. The molecule has 0 aliphatic carbocycles. The number of rotatable bonds is 2. The Morgan fingerprint density at radius 3 is 2.78 bits per heavy atom. The minimum absolute atomic E-state index is 0.497. The molecule has 0 atom stereocenters. The van der Waals surface area contributed by atoms with Crippen LogP contribution in [0.3, 0.4) is 0 Å². The van der Waals surface area contributed by atoms with Gasteiger partial charge in [-0.3, -0.25) is 14.6 Å². The molecular formula is C17H11ClN4S. The Labute approximate surface area is 142 Å². The number of H-pyrrole nitrogens is 1. The highest BCUT2D eigenvalue weighted by molar-refractivity contribution is 7.71. The van der Waals surface area contributed by atoms with Crippen LogP contribution in [0, 0.1) is 4.77 Å². The highest BCUT2D eigenvalue weighted by Crippen LogP contribution is 2.27. The van der Waals surface area contributed by atoms with Gasteiger partial charge >= 0.3 is 0 Å². The molecule has 0 aliphatic rings. The van der Waals surface area contributed by atoms with E-state index in [2.05, 4.69) is 15.2 Å². The van der Waals surface area contributed by atoms with Crippen LogP contribution < -0.4 is 0 Å². The van der Waals surface area contributed by atoms with Crippen molar-refractivity contribution in [2.75, 3.05) is 0 Å². The summed E-state index contributed by atoms with van der Waals surface area (Å²) in [5, 5.41) is 10.00. The van der Waals surface area contributed by atoms with Crippen LogP contribution in [0.25, 0.3) is 28.0 Å². The fourth-order valence-corrected chi connectivity index (χ4v) is 3.03. The predicted molar refractivity (Wildman–Crippen MR) is 94.5 cm³/mol. The summed E-state index contributed by atoms with van der Waals surface area (Å²) in [7, 11) is 0. The lowest BCUT2D eigenvalue weighted by molar-refractivity contribution is 1.03. The van der Waals surface area contributed by atoms with Gasteiger partial charge in [-0.1, -0.05) is 41.9 Å². The average Bonchev–Trinajstić information content (AvgIpc) is 2.96. The van der Waals surface area contributed by atoms with E-state index in [0.29, 0.717) is 15.6 Å². The van der Waals surface area contributed by atoms with Crippen molar-refractivity contribution in [3.8, 4) is 17.2 Å². The van der Waals surface area contributed by atoms with E-state index in [-0.39, 0.29) is 0 Å². The summed E-state index contributed by atoms with van der Waals surface area (Å²) >= 11 is 11.5. The van der Waals surface area contributed by atoms with Crippen LogP contribution in [0.5, 0.6) is 0 Å². The van der Waals surface area contributed by atoms with Crippen molar-refractivity contribution in [2.45, 2.75) is 0 Å². The number of benzene rings is 2. The first-order valence-electron chi connectivity index (χ1n) is 7.01. The number of hydrogen-bond donors (Lipinski definition) is 1. The monoisotopic (exact) mass is 338 g/mol. The molecule has 112 valence electrons. The van der Waals surface area contributed by atoms with Crippen LogP contribution in [0.15, 0.2) is 60.8 Å². The minimum Gasteiger partial charge on any atom is -0.267 e. The number of aromatic nitrogens is 4. The number of halogens is 1. The van der Waals surface area contributed by atoms with Gasteiger partial charge in [0.15, 0.2) is 10.6 Å². The van der Waals surface area contributed by atoms with Gasteiger partial charge < -0.3 is 0 Å². The maximum Gasteiger partial charge on any atom is 0.200 e. The van der Waals surface area contributed by atoms with Crippen LogP contribution in [0.2, 0.25) is 5.02 Å². The third-order valence-corrected chi connectivity index (χ3v) is 4.13. The van der Waals surface area contributed by atoms with E-state index in [1.54, 1.807) is 6.20 Å². The molecule has 4 aromatic rings. The summed E-state index contributed by atoms with van der Waals surface area (Å²) in [5.74, 6) is 0.661. The Morgan fingerprint density at radius 1 is 1.04 bits per heavy atom. The second-order valence-electron chi connectivity index (χ2n) is 5.05. The first-order chi connectivity index (χ1) is 11.2. The summed E-state index contributed by atoms with van der Waals surface area (Å²) in [4.78, 5) is 4.52. The van der Waals surface area contributed by atoms with E-state index in [1.807, 2.05) is 59.2 Å². The summed E-state index contributed by atoms with van der Waals surface area (Å²) in [6.45, 7) is 0. The number of nitrogens with zero attached hydrogens (tertiary/aromatic N) is 3. The van der Waals surface area contributed by atoms with Gasteiger partial charge in [0.05, 0.1) is 5.69 Å². The van der Waals surface area contributed by atoms with Crippen molar-refractivity contribution in [2.24, 2.45) is 0 Å². The molecular weight excluding hydrogens is 328 g/mol.